The molecular weight excluding hydrogens is 352 g/mol. The number of aromatic nitrogens is 2. The molecule has 1 aliphatic rings. The van der Waals surface area contributed by atoms with Crippen molar-refractivity contribution in [3.8, 4) is 0 Å². The zero-order valence-electron chi connectivity index (χ0n) is 16.9. The van der Waals surface area contributed by atoms with Crippen LogP contribution in [-0.4, -0.2) is 52.7 Å². The fourth-order valence-electron chi connectivity index (χ4n) is 3.37. The van der Waals surface area contributed by atoms with Crippen molar-refractivity contribution in [1.82, 2.24) is 25.3 Å². The molecule has 150 valence electrons. The highest BCUT2D eigenvalue weighted by Gasteiger charge is 2.27. The minimum atomic E-state index is 0.0450. The normalized spacial score (nSPS) is 17.2. The molecular formula is C21H30N6O. The quantitative estimate of drug-likeness (QED) is 0.591. The van der Waals surface area contributed by atoms with Crippen molar-refractivity contribution < 1.29 is 4.79 Å². The van der Waals surface area contributed by atoms with Crippen molar-refractivity contribution in [3.05, 3.63) is 53.9 Å². The number of hydrogen-bond acceptors (Lipinski definition) is 3. The van der Waals surface area contributed by atoms with Crippen molar-refractivity contribution in [2.24, 2.45) is 10.9 Å². The number of hydrogen-bond donors (Lipinski definition) is 2. The molecule has 0 bridgehead atoms. The van der Waals surface area contributed by atoms with Gasteiger partial charge < -0.3 is 15.5 Å². The largest absolute Gasteiger partial charge is 0.352 e. The van der Waals surface area contributed by atoms with E-state index in [1.165, 1.54) is 5.56 Å². The molecule has 2 aromatic rings. The van der Waals surface area contributed by atoms with Gasteiger partial charge in [-0.3, -0.25) is 14.5 Å². The Morgan fingerprint density at radius 3 is 2.79 bits per heavy atom. The third-order valence-corrected chi connectivity index (χ3v) is 4.89. The Labute approximate surface area is 166 Å². The van der Waals surface area contributed by atoms with E-state index >= 15 is 0 Å². The van der Waals surface area contributed by atoms with Gasteiger partial charge in [0, 0.05) is 50.4 Å². The molecule has 2 N–H and O–H groups in total. The second-order valence-electron chi connectivity index (χ2n) is 7.53. The van der Waals surface area contributed by atoms with Crippen LogP contribution < -0.4 is 10.6 Å². The van der Waals surface area contributed by atoms with E-state index in [2.05, 4.69) is 32.9 Å². The summed E-state index contributed by atoms with van der Waals surface area (Å²) in [5.74, 6) is 1.02. The fraction of sp³-hybridized carbons (Fsp3) is 0.476. The average Bonchev–Trinajstić information content (AvgIpc) is 3.34. The Hall–Kier alpha value is -2.83. The highest BCUT2D eigenvalue weighted by Crippen LogP contribution is 2.12. The predicted molar refractivity (Wildman–Crippen MR) is 111 cm³/mol. The third kappa shape index (κ3) is 5.34. The molecule has 1 fully saturated rings. The van der Waals surface area contributed by atoms with Crippen LogP contribution >= 0.6 is 0 Å². The van der Waals surface area contributed by atoms with E-state index in [0.717, 1.165) is 37.6 Å². The van der Waals surface area contributed by atoms with E-state index < -0.39 is 0 Å². The molecule has 3 rings (SSSR count). The van der Waals surface area contributed by atoms with Gasteiger partial charge in [-0.1, -0.05) is 44.2 Å². The van der Waals surface area contributed by atoms with Crippen molar-refractivity contribution >= 4 is 11.9 Å². The number of rotatable bonds is 6. The Morgan fingerprint density at radius 1 is 1.29 bits per heavy atom. The van der Waals surface area contributed by atoms with Crippen molar-refractivity contribution in [1.29, 1.82) is 0 Å². The van der Waals surface area contributed by atoms with Crippen molar-refractivity contribution in [2.45, 2.75) is 39.4 Å². The summed E-state index contributed by atoms with van der Waals surface area (Å²) in [6, 6.07) is 10.5. The van der Waals surface area contributed by atoms with Gasteiger partial charge in [0.25, 0.3) is 0 Å². The van der Waals surface area contributed by atoms with E-state index in [0.29, 0.717) is 6.54 Å². The van der Waals surface area contributed by atoms with E-state index in [-0.39, 0.29) is 17.9 Å². The lowest BCUT2D eigenvalue weighted by Gasteiger charge is -2.20. The number of likely N-dealkylation sites (tertiary alicyclic amines) is 1. The number of nitrogens with zero attached hydrogens (tertiary/aromatic N) is 4. The van der Waals surface area contributed by atoms with Gasteiger partial charge >= 0.3 is 0 Å². The first-order chi connectivity index (χ1) is 13.5. The number of amides is 1. The number of carbonyl (C=O) groups is 1. The molecule has 0 saturated carbocycles. The van der Waals surface area contributed by atoms with E-state index in [9.17, 15) is 4.79 Å². The second-order valence-corrected chi connectivity index (χ2v) is 7.53. The van der Waals surface area contributed by atoms with Crippen LogP contribution in [0.1, 0.15) is 31.4 Å². The molecule has 0 spiro atoms. The van der Waals surface area contributed by atoms with Gasteiger partial charge in [-0.2, -0.15) is 5.10 Å². The van der Waals surface area contributed by atoms with Crippen LogP contribution in [0.15, 0.2) is 47.7 Å². The van der Waals surface area contributed by atoms with Gasteiger partial charge in [0.05, 0.1) is 12.7 Å². The summed E-state index contributed by atoms with van der Waals surface area (Å²) < 4.78 is 1.94. The molecule has 7 nitrogen and oxygen atoms in total. The Balaban J connectivity index is 1.47. The molecule has 1 amide bonds. The molecule has 1 aliphatic heterocycles. The highest BCUT2D eigenvalue weighted by atomic mass is 16.2. The van der Waals surface area contributed by atoms with E-state index in [4.69, 9.17) is 0 Å². The summed E-state index contributed by atoms with van der Waals surface area (Å²) in [4.78, 5) is 18.4. The summed E-state index contributed by atoms with van der Waals surface area (Å²) >= 11 is 0. The molecule has 28 heavy (non-hydrogen) atoms. The highest BCUT2D eigenvalue weighted by molar-refractivity contribution is 5.81. The standard InChI is InChI=1S/C21H30N6O/c1-16(2)20(28)26-10-9-19(15-26)25-21(22-3)23-11-18-12-24-27(14-18)13-17-7-5-4-6-8-17/h4-8,12,14,16,19H,9-11,13,15H2,1-3H3,(H2,22,23,25). The molecule has 1 aromatic heterocycles. The topological polar surface area (TPSA) is 74.6 Å². The lowest BCUT2D eigenvalue weighted by atomic mass is 10.2. The van der Waals surface area contributed by atoms with Crippen molar-refractivity contribution in [3.63, 3.8) is 0 Å². The van der Waals surface area contributed by atoms with Crippen molar-refractivity contribution in [2.75, 3.05) is 20.1 Å². The Morgan fingerprint density at radius 2 is 2.07 bits per heavy atom. The first-order valence-electron chi connectivity index (χ1n) is 9.86. The second kappa shape index (κ2) is 9.39. The Bertz CT molecular complexity index is 798. The van der Waals surface area contributed by atoms with E-state index in [1.54, 1.807) is 7.05 Å². The number of guanidine groups is 1. The average molecular weight is 383 g/mol. The third-order valence-electron chi connectivity index (χ3n) is 4.89. The monoisotopic (exact) mass is 382 g/mol. The molecule has 7 heteroatoms. The lowest BCUT2D eigenvalue weighted by molar-refractivity contribution is -0.133. The number of benzene rings is 1. The number of aliphatic imine (C=N–C) groups is 1. The maximum absolute atomic E-state index is 12.1. The molecule has 0 radical (unpaired) electrons. The SMILES string of the molecule is CN=C(NCc1cnn(Cc2ccccc2)c1)NC1CCN(C(=O)C(C)C)C1. The minimum Gasteiger partial charge on any atom is -0.352 e. The summed E-state index contributed by atoms with van der Waals surface area (Å²) in [5, 5.41) is 11.2. The van der Waals surface area contributed by atoms with Gasteiger partial charge in [-0.25, -0.2) is 0 Å². The maximum atomic E-state index is 12.1. The smallest absolute Gasteiger partial charge is 0.225 e. The van der Waals surface area contributed by atoms with Crippen LogP contribution in [0.5, 0.6) is 0 Å². The zero-order valence-corrected chi connectivity index (χ0v) is 16.9. The minimum absolute atomic E-state index is 0.0450. The predicted octanol–water partition coefficient (Wildman–Crippen LogP) is 1.85. The van der Waals surface area contributed by atoms with Gasteiger partial charge in [0.2, 0.25) is 5.91 Å². The van der Waals surface area contributed by atoms with Crippen LogP contribution in [0.25, 0.3) is 0 Å². The van der Waals surface area contributed by atoms with Crippen LogP contribution in [0.4, 0.5) is 0 Å². The molecule has 1 unspecified atom stereocenters. The van der Waals surface area contributed by atoms with Gasteiger partial charge in [-0.05, 0) is 12.0 Å². The van der Waals surface area contributed by atoms with E-state index in [1.807, 2.05) is 54.0 Å². The number of nitrogens with one attached hydrogen (secondary N) is 2. The summed E-state index contributed by atoms with van der Waals surface area (Å²) in [6.07, 6.45) is 4.86. The van der Waals surface area contributed by atoms with Crippen LogP contribution in [0.3, 0.4) is 0 Å². The first-order valence-corrected chi connectivity index (χ1v) is 9.86. The van der Waals surface area contributed by atoms with Crippen LogP contribution in [-0.2, 0) is 17.9 Å². The van der Waals surface area contributed by atoms with Gasteiger partial charge in [-0.15, -0.1) is 0 Å². The summed E-state index contributed by atoms with van der Waals surface area (Å²) in [6.45, 7) is 6.83. The zero-order chi connectivity index (χ0) is 19.9. The maximum Gasteiger partial charge on any atom is 0.225 e. The van der Waals surface area contributed by atoms with Crippen LogP contribution in [0, 0.1) is 5.92 Å². The number of carbonyl (C=O) groups excluding carboxylic acids is 1. The molecule has 1 atom stereocenters. The molecule has 1 saturated heterocycles. The molecule has 2 heterocycles. The van der Waals surface area contributed by atoms with Gasteiger partial charge in [0.1, 0.15) is 0 Å². The van der Waals surface area contributed by atoms with Gasteiger partial charge in [0.15, 0.2) is 5.96 Å². The fourth-order valence-corrected chi connectivity index (χ4v) is 3.37. The summed E-state index contributed by atoms with van der Waals surface area (Å²) in [5.41, 5.74) is 2.33. The van der Waals surface area contributed by atoms with Crippen LogP contribution in [0.2, 0.25) is 0 Å². The summed E-state index contributed by atoms with van der Waals surface area (Å²) in [7, 11) is 1.76. The molecule has 1 aromatic carbocycles. The first kappa shape index (κ1) is 19.9. The Kier molecular flexibility index (Phi) is 6.68. The molecule has 0 aliphatic carbocycles. The lowest BCUT2D eigenvalue weighted by Crippen LogP contribution is -2.45.